The molecule has 0 aliphatic rings. The first-order valence-corrected chi connectivity index (χ1v) is 8.73. The first-order valence-electron chi connectivity index (χ1n) is 8.35. The van der Waals surface area contributed by atoms with Crippen molar-refractivity contribution in [2.75, 3.05) is 23.9 Å². The molecule has 2 rings (SSSR count). The van der Waals surface area contributed by atoms with Crippen molar-refractivity contribution < 1.29 is 19.1 Å². The van der Waals surface area contributed by atoms with Gasteiger partial charge in [-0.2, -0.15) is 0 Å². The fourth-order valence-corrected chi connectivity index (χ4v) is 2.78. The number of halogens is 1. The van der Waals surface area contributed by atoms with E-state index in [0.717, 1.165) is 5.56 Å². The molecule has 0 atom stereocenters. The van der Waals surface area contributed by atoms with Gasteiger partial charge in [0.05, 0.1) is 18.4 Å². The van der Waals surface area contributed by atoms with Crippen LogP contribution in [0.2, 0.25) is 5.02 Å². The van der Waals surface area contributed by atoms with E-state index in [0.29, 0.717) is 16.4 Å². The van der Waals surface area contributed by atoms with Gasteiger partial charge in [0.15, 0.2) is 0 Å². The van der Waals surface area contributed by atoms with Crippen LogP contribution in [0.4, 0.5) is 11.4 Å². The van der Waals surface area contributed by atoms with Gasteiger partial charge in [-0.3, -0.25) is 9.59 Å². The van der Waals surface area contributed by atoms with Crippen LogP contribution in [0, 0.1) is 6.92 Å². The third-order valence-corrected chi connectivity index (χ3v) is 4.49. The normalized spacial score (nSPS) is 10.2. The minimum absolute atomic E-state index is 0.0566. The Hall–Kier alpha value is -2.86. The zero-order valence-corrected chi connectivity index (χ0v) is 16.2. The van der Waals surface area contributed by atoms with E-state index >= 15 is 0 Å². The summed E-state index contributed by atoms with van der Waals surface area (Å²) in [7, 11) is 1.28. The highest BCUT2D eigenvalue weighted by Crippen LogP contribution is 2.24. The number of benzene rings is 2. The maximum Gasteiger partial charge on any atom is 0.339 e. The molecule has 0 bridgehead atoms. The monoisotopic (exact) mass is 388 g/mol. The van der Waals surface area contributed by atoms with Crippen molar-refractivity contribution in [3.05, 3.63) is 58.6 Å². The molecule has 142 valence electrons. The van der Waals surface area contributed by atoms with Gasteiger partial charge in [0.1, 0.15) is 0 Å². The summed E-state index contributed by atoms with van der Waals surface area (Å²) in [6.45, 7) is 3.31. The Bertz CT molecular complexity index is 867. The predicted molar refractivity (Wildman–Crippen MR) is 105 cm³/mol. The first-order chi connectivity index (χ1) is 12.8. The van der Waals surface area contributed by atoms with Crippen LogP contribution in [0.25, 0.3) is 0 Å². The second-order valence-electron chi connectivity index (χ2n) is 5.89. The van der Waals surface area contributed by atoms with Crippen LogP contribution in [-0.2, 0) is 14.3 Å². The Morgan fingerprint density at radius 1 is 1.11 bits per heavy atom. The van der Waals surface area contributed by atoms with E-state index in [1.54, 1.807) is 42.5 Å². The third kappa shape index (κ3) is 5.08. The molecule has 7 heteroatoms. The van der Waals surface area contributed by atoms with E-state index < -0.39 is 5.97 Å². The van der Waals surface area contributed by atoms with Crippen LogP contribution in [-0.4, -0.2) is 31.4 Å². The smallest absolute Gasteiger partial charge is 0.339 e. The van der Waals surface area contributed by atoms with Gasteiger partial charge in [0.2, 0.25) is 11.8 Å². The van der Waals surface area contributed by atoms with E-state index in [1.165, 1.54) is 18.9 Å². The van der Waals surface area contributed by atoms with Crippen LogP contribution in [0.3, 0.4) is 0 Å². The number of nitrogens with zero attached hydrogens (tertiary/aromatic N) is 1. The van der Waals surface area contributed by atoms with E-state index in [1.807, 2.05) is 6.92 Å². The number of carbonyl (C=O) groups excluding carboxylic acids is 3. The number of nitrogens with one attached hydrogen (secondary N) is 1. The van der Waals surface area contributed by atoms with Crippen LogP contribution < -0.4 is 10.2 Å². The second kappa shape index (κ2) is 9.19. The lowest BCUT2D eigenvalue weighted by molar-refractivity contribution is -0.117. The van der Waals surface area contributed by atoms with Crippen LogP contribution in [0.5, 0.6) is 0 Å². The van der Waals surface area contributed by atoms with Gasteiger partial charge in [-0.1, -0.05) is 29.8 Å². The topological polar surface area (TPSA) is 75.7 Å². The Kier molecular flexibility index (Phi) is 6.96. The first kappa shape index (κ1) is 20.5. The molecule has 0 unspecified atom stereocenters. The molecule has 0 aromatic heterocycles. The molecule has 0 aliphatic carbocycles. The number of ether oxygens (including phenoxy) is 1. The molecular formula is C20H21ClN2O4. The molecule has 0 aliphatic heterocycles. The largest absolute Gasteiger partial charge is 0.465 e. The van der Waals surface area contributed by atoms with Crippen molar-refractivity contribution in [3.8, 4) is 0 Å². The van der Waals surface area contributed by atoms with E-state index in [4.69, 9.17) is 16.3 Å². The van der Waals surface area contributed by atoms with Crippen molar-refractivity contribution in [1.82, 2.24) is 0 Å². The molecule has 0 radical (unpaired) electrons. The molecule has 27 heavy (non-hydrogen) atoms. The Balaban J connectivity index is 2.14. The Morgan fingerprint density at radius 2 is 1.81 bits per heavy atom. The summed E-state index contributed by atoms with van der Waals surface area (Å²) in [6, 6.07) is 11.9. The maximum absolute atomic E-state index is 12.3. The molecule has 0 fully saturated rings. The van der Waals surface area contributed by atoms with Gasteiger partial charge in [0.25, 0.3) is 0 Å². The molecule has 2 aromatic rings. The summed E-state index contributed by atoms with van der Waals surface area (Å²) in [5.74, 6) is -1.09. The quantitative estimate of drug-likeness (QED) is 0.763. The highest BCUT2D eigenvalue weighted by Gasteiger charge is 2.20. The van der Waals surface area contributed by atoms with Crippen molar-refractivity contribution in [3.63, 3.8) is 0 Å². The molecule has 2 amide bonds. The highest BCUT2D eigenvalue weighted by molar-refractivity contribution is 6.31. The van der Waals surface area contributed by atoms with Gasteiger partial charge in [0, 0.05) is 30.6 Å². The molecule has 0 saturated heterocycles. The Labute approximate surface area is 163 Å². The average Bonchev–Trinajstić information content (AvgIpc) is 2.65. The average molecular weight is 389 g/mol. The maximum atomic E-state index is 12.3. The fraction of sp³-hybridized carbons (Fsp3) is 0.250. The van der Waals surface area contributed by atoms with Crippen LogP contribution >= 0.6 is 11.6 Å². The zero-order chi connectivity index (χ0) is 20.0. The molecule has 0 spiro atoms. The summed E-state index contributed by atoms with van der Waals surface area (Å²) in [4.78, 5) is 37.8. The van der Waals surface area contributed by atoms with E-state index in [2.05, 4.69) is 5.32 Å². The van der Waals surface area contributed by atoms with Crippen molar-refractivity contribution in [2.45, 2.75) is 20.3 Å². The van der Waals surface area contributed by atoms with Gasteiger partial charge < -0.3 is 15.0 Å². The van der Waals surface area contributed by atoms with Gasteiger partial charge in [-0.05, 0) is 36.8 Å². The number of rotatable bonds is 6. The lowest BCUT2D eigenvalue weighted by Crippen LogP contribution is -2.33. The van der Waals surface area contributed by atoms with Crippen LogP contribution in [0.15, 0.2) is 42.5 Å². The second-order valence-corrected chi connectivity index (χ2v) is 6.30. The third-order valence-electron chi connectivity index (χ3n) is 4.08. The van der Waals surface area contributed by atoms with Crippen molar-refractivity contribution in [1.29, 1.82) is 0 Å². The van der Waals surface area contributed by atoms with Gasteiger partial charge in [-0.25, -0.2) is 4.79 Å². The molecular weight excluding hydrogens is 368 g/mol. The number of esters is 1. The number of amides is 2. The Morgan fingerprint density at radius 3 is 2.48 bits per heavy atom. The molecule has 6 nitrogen and oxygen atoms in total. The lowest BCUT2D eigenvalue weighted by Gasteiger charge is -2.23. The molecule has 1 N–H and O–H groups in total. The van der Waals surface area contributed by atoms with Crippen molar-refractivity contribution in [2.24, 2.45) is 0 Å². The summed E-state index contributed by atoms with van der Waals surface area (Å²) in [6.07, 6.45) is 0.0566. The molecule has 0 saturated carbocycles. The number of methoxy groups -OCH3 is 1. The summed E-state index contributed by atoms with van der Waals surface area (Å²) < 4.78 is 4.77. The zero-order valence-electron chi connectivity index (χ0n) is 15.4. The lowest BCUT2D eigenvalue weighted by atomic mass is 10.1. The van der Waals surface area contributed by atoms with Gasteiger partial charge >= 0.3 is 5.97 Å². The minimum atomic E-state index is -0.546. The molecule has 2 aromatic carbocycles. The number of para-hydroxylation sites is 1. The van der Waals surface area contributed by atoms with E-state index in [-0.39, 0.29) is 30.3 Å². The number of carbonyl (C=O) groups is 3. The van der Waals surface area contributed by atoms with E-state index in [9.17, 15) is 14.4 Å². The predicted octanol–water partition coefficient (Wildman–Crippen LogP) is 3.82. The number of hydrogen-bond donors (Lipinski definition) is 1. The molecule has 0 heterocycles. The SMILES string of the molecule is COC(=O)c1ccccc1N(CCC(=O)Nc1cccc(Cl)c1C)C(C)=O. The fourth-order valence-electron chi connectivity index (χ4n) is 2.61. The number of hydrogen-bond acceptors (Lipinski definition) is 4. The van der Waals surface area contributed by atoms with Gasteiger partial charge in [-0.15, -0.1) is 0 Å². The van der Waals surface area contributed by atoms with Crippen LogP contribution in [0.1, 0.15) is 29.3 Å². The summed E-state index contributed by atoms with van der Waals surface area (Å²) in [5, 5.41) is 3.35. The summed E-state index contributed by atoms with van der Waals surface area (Å²) in [5.41, 5.74) is 2.06. The van der Waals surface area contributed by atoms with Crippen molar-refractivity contribution >= 4 is 40.8 Å². The standard InChI is InChI=1S/C20H21ClN2O4/c1-13-16(21)8-6-9-17(13)22-19(25)11-12-23(14(2)24)18-10-5-4-7-15(18)20(26)27-3/h4-10H,11-12H2,1-3H3,(H,22,25). The minimum Gasteiger partial charge on any atom is -0.465 e. The highest BCUT2D eigenvalue weighted by atomic mass is 35.5. The number of anilines is 2. The summed E-state index contributed by atoms with van der Waals surface area (Å²) >= 11 is 6.06.